The first-order valence-electron chi connectivity index (χ1n) is 6.13. The molecular formula is C16H14FN. The van der Waals surface area contributed by atoms with Crippen molar-refractivity contribution in [2.45, 2.75) is 18.8 Å². The summed E-state index contributed by atoms with van der Waals surface area (Å²) in [6.45, 7) is 0. The second-order valence-corrected chi connectivity index (χ2v) is 4.79. The maximum absolute atomic E-state index is 13.0. The molecule has 0 bridgehead atoms. The highest BCUT2D eigenvalue weighted by atomic mass is 19.1. The van der Waals surface area contributed by atoms with Gasteiger partial charge in [0, 0.05) is 18.1 Å². The molecule has 1 nitrogen and oxygen atoms in total. The summed E-state index contributed by atoms with van der Waals surface area (Å²) in [6.07, 6.45) is 1.48. The molecule has 0 radical (unpaired) electrons. The minimum absolute atomic E-state index is 0.197. The average molecular weight is 239 g/mol. The van der Waals surface area contributed by atoms with Gasteiger partial charge in [-0.3, -0.25) is 0 Å². The normalized spacial score (nSPS) is 18.5. The largest absolute Gasteiger partial charge is 0.309 e. The third-order valence-corrected chi connectivity index (χ3v) is 3.56. The number of hydrogen-bond acceptors (Lipinski definition) is 1. The number of benzene rings is 2. The molecular weight excluding hydrogens is 225 g/mol. The lowest BCUT2D eigenvalue weighted by Crippen LogP contribution is -2.18. The predicted octanol–water partition coefficient (Wildman–Crippen LogP) is 3.92. The molecule has 0 saturated heterocycles. The SMILES string of the molecule is N=C1Cc2ccccc2C(c2ccc(F)cc2)C1. The van der Waals surface area contributed by atoms with E-state index in [4.69, 9.17) is 5.41 Å². The van der Waals surface area contributed by atoms with Crippen LogP contribution in [0, 0.1) is 11.2 Å². The van der Waals surface area contributed by atoms with Crippen LogP contribution in [0.25, 0.3) is 0 Å². The Kier molecular flexibility index (Phi) is 2.71. The quantitative estimate of drug-likeness (QED) is 0.779. The van der Waals surface area contributed by atoms with E-state index in [-0.39, 0.29) is 11.7 Å². The number of fused-ring (bicyclic) bond motifs is 1. The molecule has 18 heavy (non-hydrogen) atoms. The van der Waals surface area contributed by atoms with Gasteiger partial charge in [0.15, 0.2) is 0 Å². The summed E-state index contributed by atoms with van der Waals surface area (Å²) in [4.78, 5) is 0. The topological polar surface area (TPSA) is 23.9 Å². The first kappa shape index (κ1) is 11.1. The van der Waals surface area contributed by atoms with E-state index in [1.807, 2.05) is 24.3 Å². The fourth-order valence-electron chi connectivity index (χ4n) is 2.69. The zero-order valence-electron chi connectivity index (χ0n) is 9.99. The molecule has 2 aromatic rings. The summed E-state index contributed by atoms with van der Waals surface area (Å²) in [6, 6.07) is 14.9. The van der Waals surface area contributed by atoms with Crippen molar-refractivity contribution in [2.75, 3.05) is 0 Å². The van der Waals surface area contributed by atoms with Crippen molar-refractivity contribution in [3.63, 3.8) is 0 Å². The van der Waals surface area contributed by atoms with E-state index in [2.05, 4.69) is 12.1 Å². The van der Waals surface area contributed by atoms with Crippen LogP contribution < -0.4 is 0 Å². The van der Waals surface area contributed by atoms with Gasteiger partial charge in [-0.05, 0) is 35.2 Å². The van der Waals surface area contributed by atoms with Crippen LogP contribution in [0.5, 0.6) is 0 Å². The van der Waals surface area contributed by atoms with Crippen LogP contribution in [0.4, 0.5) is 4.39 Å². The van der Waals surface area contributed by atoms with Crippen LogP contribution in [0.2, 0.25) is 0 Å². The van der Waals surface area contributed by atoms with Crippen molar-refractivity contribution in [3.8, 4) is 0 Å². The highest BCUT2D eigenvalue weighted by Crippen LogP contribution is 2.35. The maximum atomic E-state index is 13.0. The van der Waals surface area contributed by atoms with Gasteiger partial charge in [-0.25, -0.2) is 4.39 Å². The molecule has 1 aliphatic rings. The van der Waals surface area contributed by atoms with Gasteiger partial charge in [-0.15, -0.1) is 0 Å². The monoisotopic (exact) mass is 239 g/mol. The van der Waals surface area contributed by atoms with Crippen molar-refractivity contribution >= 4 is 5.71 Å². The Balaban J connectivity index is 2.07. The molecule has 2 heteroatoms. The molecule has 90 valence electrons. The van der Waals surface area contributed by atoms with Crippen LogP contribution in [0.15, 0.2) is 48.5 Å². The zero-order chi connectivity index (χ0) is 12.5. The van der Waals surface area contributed by atoms with Gasteiger partial charge in [-0.2, -0.15) is 0 Å². The molecule has 1 atom stereocenters. The zero-order valence-corrected chi connectivity index (χ0v) is 9.99. The molecule has 2 aromatic carbocycles. The lowest BCUT2D eigenvalue weighted by atomic mass is 9.78. The number of rotatable bonds is 1. The Morgan fingerprint density at radius 2 is 1.72 bits per heavy atom. The van der Waals surface area contributed by atoms with Gasteiger partial charge < -0.3 is 5.41 Å². The van der Waals surface area contributed by atoms with E-state index in [1.54, 1.807) is 0 Å². The first-order valence-corrected chi connectivity index (χ1v) is 6.13. The Morgan fingerprint density at radius 1 is 1.00 bits per heavy atom. The van der Waals surface area contributed by atoms with E-state index >= 15 is 0 Å². The van der Waals surface area contributed by atoms with Crippen molar-refractivity contribution in [2.24, 2.45) is 0 Å². The highest BCUT2D eigenvalue weighted by molar-refractivity contribution is 5.87. The maximum Gasteiger partial charge on any atom is 0.123 e. The Bertz CT molecular complexity index is 586. The second-order valence-electron chi connectivity index (χ2n) is 4.79. The summed E-state index contributed by atoms with van der Waals surface area (Å²) in [5.74, 6) is -0.0130. The smallest absolute Gasteiger partial charge is 0.123 e. The molecule has 1 unspecified atom stereocenters. The summed E-state index contributed by atoms with van der Waals surface area (Å²) in [5, 5.41) is 7.97. The molecule has 0 amide bonds. The van der Waals surface area contributed by atoms with Crippen molar-refractivity contribution in [3.05, 3.63) is 71.0 Å². The van der Waals surface area contributed by atoms with Crippen molar-refractivity contribution in [1.82, 2.24) is 0 Å². The van der Waals surface area contributed by atoms with Crippen LogP contribution in [0.1, 0.15) is 29.0 Å². The van der Waals surface area contributed by atoms with Crippen LogP contribution in [-0.4, -0.2) is 5.71 Å². The van der Waals surface area contributed by atoms with Gasteiger partial charge in [-0.1, -0.05) is 36.4 Å². The van der Waals surface area contributed by atoms with Gasteiger partial charge in [0.2, 0.25) is 0 Å². The van der Waals surface area contributed by atoms with Crippen LogP contribution in [0.3, 0.4) is 0 Å². The lowest BCUT2D eigenvalue weighted by molar-refractivity contribution is 0.626. The van der Waals surface area contributed by atoms with Crippen LogP contribution in [-0.2, 0) is 6.42 Å². The summed E-state index contributed by atoms with van der Waals surface area (Å²) < 4.78 is 13.0. The fourth-order valence-corrected chi connectivity index (χ4v) is 2.69. The molecule has 1 aliphatic carbocycles. The Hall–Kier alpha value is -1.96. The highest BCUT2D eigenvalue weighted by Gasteiger charge is 2.24. The van der Waals surface area contributed by atoms with Crippen LogP contribution >= 0.6 is 0 Å². The minimum Gasteiger partial charge on any atom is -0.309 e. The molecule has 0 heterocycles. The lowest BCUT2D eigenvalue weighted by Gasteiger charge is -2.26. The Morgan fingerprint density at radius 3 is 2.50 bits per heavy atom. The summed E-state index contributed by atoms with van der Waals surface area (Å²) in [5.41, 5.74) is 4.35. The molecule has 1 N–H and O–H groups in total. The first-order chi connectivity index (χ1) is 8.74. The van der Waals surface area contributed by atoms with Gasteiger partial charge in [0.25, 0.3) is 0 Å². The minimum atomic E-state index is -0.210. The Labute approximate surface area is 106 Å². The molecule has 0 spiro atoms. The summed E-state index contributed by atoms with van der Waals surface area (Å²) in [7, 11) is 0. The molecule has 0 fully saturated rings. The number of halogens is 1. The third kappa shape index (κ3) is 1.94. The van der Waals surface area contributed by atoms with Gasteiger partial charge in [0.1, 0.15) is 5.82 Å². The second kappa shape index (κ2) is 4.37. The number of hydrogen-bond donors (Lipinski definition) is 1. The fraction of sp³-hybridized carbons (Fsp3) is 0.188. The van der Waals surface area contributed by atoms with E-state index in [0.717, 1.165) is 24.1 Å². The third-order valence-electron chi connectivity index (χ3n) is 3.56. The molecule has 0 saturated carbocycles. The molecule has 0 aromatic heterocycles. The van der Waals surface area contributed by atoms with Gasteiger partial charge in [0.05, 0.1) is 0 Å². The van der Waals surface area contributed by atoms with E-state index < -0.39 is 0 Å². The van der Waals surface area contributed by atoms with E-state index in [0.29, 0.717) is 0 Å². The van der Waals surface area contributed by atoms with E-state index in [9.17, 15) is 4.39 Å². The van der Waals surface area contributed by atoms with E-state index in [1.165, 1.54) is 23.3 Å². The molecule has 3 rings (SSSR count). The van der Waals surface area contributed by atoms with Crippen molar-refractivity contribution < 1.29 is 4.39 Å². The average Bonchev–Trinajstić information content (AvgIpc) is 2.38. The molecule has 0 aliphatic heterocycles. The van der Waals surface area contributed by atoms with Gasteiger partial charge >= 0.3 is 0 Å². The number of nitrogens with one attached hydrogen (secondary N) is 1. The van der Waals surface area contributed by atoms with Crippen molar-refractivity contribution in [1.29, 1.82) is 5.41 Å². The standard InChI is InChI=1S/C16H14FN/c17-13-7-5-11(6-8-13)16-10-14(18)9-12-3-1-2-4-15(12)16/h1-8,16,18H,9-10H2. The summed E-state index contributed by atoms with van der Waals surface area (Å²) >= 11 is 0. The predicted molar refractivity (Wildman–Crippen MR) is 70.7 cm³/mol.